The van der Waals surface area contributed by atoms with Crippen LogP contribution in [0.3, 0.4) is 0 Å². The summed E-state index contributed by atoms with van der Waals surface area (Å²) in [5.74, 6) is 0.491. The summed E-state index contributed by atoms with van der Waals surface area (Å²) in [7, 11) is 0. The number of thioether (sulfide) groups is 1. The minimum atomic E-state index is -0.560. The number of nitrogens with one attached hydrogen (secondary N) is 2. The fourth-order valence-electron chi connectivity index (χ4n) is 3.18. The van der Waals surface area contributed by atoms with E-state index in [0.717, 1.165) is 11.0 Å². The van der Waals surface area contributed by atoms with E-state index in [9.17, 15) is 14.7 Å². The number of benzene rings is 2. The minimum absolute atomic E-state index is 0.0157. The number of imidazole rings is 1. The molecule has 1 saturated heterocycles. The average Bonchev–Trinajstić information content (AvgIpc) is 3.25. The molecule has 0 aliphatic carbocycles. The number of hydrogen-bond donors (Lipinski definition) is 3. The van der Waals surface area contributed by atoms with Crippen LogP contribution in [0.15, 0.2) is 57.7 Å². The number of carbonyl (C=O) groups excluding carboxylic acids is 1. The summed E-state index contributed by atoms with van der Waals surface area (Å²) in [4.78, 5) is 32.5. The molecule has 1 aliphatic heterocycles. The molecule has 0 radical (unpaired) electrons. The van der Waals surface area contributed by atoms with Crippen molar-refractivity contribution in [2.24, 2.45) is 0 Å². The fourth-order valence-corrected chi connectivity index (χ4v) is 4.29. The molecule has 1 atom stereocenters. The van der Waals surface area contributed by atoms with Gasteiger partial charge in [-0.05, 0) is 30.3 Å². The van der Waals surface area contributed by atoms with Gasteiger partial charge in [0.2, 0.25) is 5.95 Å². The Kier molecular flexibility index (Phi) is 3.76. The first-order chi connectivity index (χ1) is 13.6. The van der Waals surface area contributed by atoms with Crippen molar-refractivity contribution in [2.75, 3.05) is 11.2 Å². The number of phenols is 1. The number of aromatic nitrogens is 2. The molecule has 2 aromatic carbocycles. The number of phenolic OH excluding ortho intramolecular Hbond substituents is 1. The first kappa shape index (κ1) is 16.7. The average molecular weight is 394 g/mol. The quantitative estimate of drug-likeness (QED) is 0.458. The smallest absolute Gasteiger partial charge is 0.342 e. The number of H-pyrrole nitrogens is 1. The Morgan fingerprint density at radius 3 is 2.93 bits per heavy atom. The Bertz CT molecular complexity index is 1250. The second-order valence-electron chi connectivity index (χ2n) is 6.35. The Hall–Kier alpha value is -3.46. The zero-order valence-electron chi connectivity index (χ0n) is 14.4. The van der Waals surface area contributed by atoms with Crippen LogP contribution >= 0.6 is 11.8 Å². The minimum Gasteiger partial charge on any atom is -0.508 e. The van der Waals surface area contributed by atoms with Crippen molar-refractivity contribution in [1.82, 2.24) is 15.0 Å². The highest BCUT2D eigenvalue weighted by Crippen LogP contribution is 2.38. The van der Waals surface area contributed by atoms with Crippen LogP contribution in [0.2, 0.25) is 0 Å². The highest BCUT2D eigenvalue weighted by molar-refractivity contribution is 8.00. The molecule has 140 valence electrons. The maximum Gasteiger partial charge on any atom is 0.342 e. The molecule has 3 N–H and O–H groups in total. The summed E-state index contributed by atoms with van der Waals surface area (Å²) in [6.07, 6.45) is 0. The standard InChI is InChI=1S/C19H14N4O4S/c24-11-6-5-10-7-12(18(26)27-15(10)8-11)17-23(16(25)9-28-17)22-19-20-13-3-1-2-4-14(13)21-19/h1-8,17,24H,9H2,(H2,20,21,22). The molecule has 8 nitrogen and oxygen atoms in total. The van der Waals surface area contributed by atoms with E-state index < -0.39 is 11.0 Å². The molecule has 3 heterocycles. The van der Waals surface area contributed by atoms with Crippen molar-refractivity contribution in [3.8, 4) is 5.75 Å². The van der Waals surface area contributed by atoms with Crippen molar-refractivity contribution in [2.45, 2.75) is 5.37 Å². The number of hydrogen-bond acceptors (Lipinski definition) is 7. The van der Waals surface area contributed by atoms with Crippen LogP contribution in [-0.4, -0.2) is 31.7 Å². The predicted octanol–water partition coefficient (Wildman–Crippen LogP) is 2.98. The van der Waals surface area contributed by atoms with Gasteiger partial charge in [0.25, 0.3) is 5.91 Å². The number of aromatic hydroxyl groups is 1. The van der Waals surface area contributed by atoms with Gasteiger partial charge in [0, 0.05) is 11.5 Å². The van der Waals surface area contributed by atoms with Crippen LogP contribution in [0.25, 0.3) is 22.0 Å². The summed E-state index contributed by atoms with van der Waals surface area (Å²) in [6.45, 7) is 0. The fraction of sp³-hybridized carbons (Fsp3) is 0.105. The number of nitrogens with zero attached hydrogens (tertiary/aromatic N) is 2. The van der Waals surface area contributed by atoms with Crippen molar-refractivity contribution in [3.05, 3.63) is 64.5 Å². The molecule has 0 saturated carbocycles. The highest BCUT2D eigenvalue weighted by Gasteiger charge is 2.36. The van der Waals surface area contributed by atoms with Gasteiger partial charge in [-0.1, -0.05) is 12.1 Å². The SMILES string of the molecule is O=C1CSC(c2cc3ccc(O)cc3oc2=O)N1Nc1nc2ccccc2[nH]1. The molecule has 1 amide bonds. The van der Waals surface area contributed by atoms with Crippen molar-refractivity contribution < 1.29 is 14.3 Å². The van der Waals surface area contributed by atoms with Gasteiger partial charge in [0.1, 0.15) is 16.7 Å². The molecule has 9 heteroatoms. The molecule has 1 fully saturated rings. The second kappa shape index (κ2) is 6.31. The van der Waals surface area contributed by atoms with Crippen LogP contribution in [0.1, 0.15) is 10.9 Å². The summed E-state index contributed by atoms with van der Waals surface area (Å²) in [6, 6.07) is 13.8. The topological polar surface area (TPSA) is 111 Å². The Balaban J connectivity index is 1.52. The lowest BCUT2D eigenvalue weighted by Gasteiger charge is -2.23. The summed E-state index contributed by atoms with van der Waals surface area (Å²) in [5.41, 5.74) is 4.68. The van der Waals surface area contributed by atoms with E-state index in [1.807, 2.05) is 24.3 Å². The molecule has 0 bridgehead atoms. The number of amides is 1. The molecule has 0 spiro atoms. The highest BCUT2D eigenvalue weighted by atomic mass is 32.2. The van der Waals surface area contributed by atoms with Crippen LogP contribution < -0.4 is 11.1 Å². The number of aromatic amines is 1. The van der Waals surface area contributed by atoms with Crippen LogP contribution in [0.5, 0.6) is 5.75 Å². The van der Waals surface area contributed by atoms with E-state index in [0.29, 0.717) is 22.5 Å². The van der Waals surface area contributed by atoms with Gasteiger partial charge in [0.15, 0.2) is 0 Å². The molecular weight excluding hydrogens is 380 g/mol. The van der Waals surface area contributed by atoms with Crippen molar-refractivity contribution in [3.63, 3.8) is 0 Å². The first-order valence-electron chi connectivity index (χ1n) is 8.50. The van der Waals surface area contributed by atoms with Crippen LogP contribution in [0.4, 0.5) is 5.95 Å². The van der Waals surface area contributed by atoms with Crippen LogP contribution in [0, 0.1) is 0 Å². The van der Waals surface area contributed by atoms with E-state index in [-0.39, 0.29) is 17.4 Å². The monoisotopic (exact) mass is 394 g/mol. The van der Waals surface area contributed by atoms with E-state index in [4.69, 9.17) is 4.42 Å². The van der Waals surface area contributed by atoms with Gasteiger partial charge in [-0.15, -0.1) is 11.8 Å². The van der Waals surface area contributed by atoms with Gasteiger partial charge < -0.3 is 14.5 Å². The molecule has 1 aliphatic rings. The summed E-state index contributed by atoms with van der Waals surface area (Å²) < 4.78 is 5.35. The van der Waals surface area contributed by atoms with Crippen LogP contribution in [-0.2, 0) is 4.79 Å². The third kappa shape index (κ3) is 2.76. The number of fused-ring (bicyclic) bond motifs is 2. The van der Waals surface area contributed by atoms with Crippen molar-refractivity contribution >= 4 is 45.6 Å². The number of carbonyl (C=O) groups is 1. The third-order valence-electron chi connectivity index (χ3n) is 4.50. The Morgan fingerprint density at radius 1 is 1.21 bits per heavy atom. The summed E-state index contributed by atoms with van der Waals surface area (Å²) >= 11 is 1.33. The number of hydrazine groups is 1. The summed E-state index contributed by atoms with van der Waals surface area (Å²) in [5, 5.41) is 11.1. The predicted molar refractivity (Wildman–Crippen MR) is 106 cm³/mol. The molecule has 2 aromatic heterocycles. The van der Waals surface area contributed by atoms with Gasteiger partial charge in [-0.3, -0.25) is 10.2 Å². The van der Waals surface area contributed by atoms with Gasteiger partial charge >= 0.3 is 5.63 Å². The Morgan fingerprint density at radius 2 is 2.07 bits per heavy atom. The largest absolute Gasteiger partial charge is 0.508 e. The lowest BCUT2D eigenvalue weighted by Crippen LogP contribution is -2.35. The second-order valence-corrected chi connectivity index (χ2v) is 7.42. The first-order valence-corrected chi connectivity index (χ1v) is 9.55. The Labute approximate surface area is 162 Å². The normalized spacial score (nSPS) is 16.9. The van der Waals surface area contributed by atoms with E-state index in [2.05, 4.69) is 15.4 Å². The lowest BCUT2D eigenvalue weighted by atomic mass is 10.1. The zero-order chi connectivity index (χ0) is 19.3. The van der Waals surface area contributed by atoms with E-state index >= 15 is 0 Å². The number of para-hydroxylation sites is 2. The molecule has 4 aromatic rings. The maximum atomic E-state index is 12.5. The van der Waals surface area contributed by atoms with Gasteiger partial charge in [-0.2, -0.15) is 0 Å². The van der Waals surface area contributed by atoms with Gasteiger partial charge in [0.05, 0.1) is 22.3 Å². The third-order valence-corrected chi connectivity index (χ3v) is 5.69. The number of anilines is 1. The molecule has 28 heavy (non-hydrogen) atoms. The molecule has 1 unspecified atom stereocenters. The zero-order valence-corrected chi connectivity index (χ0v) is 15.2. The molecular formula is C19H14N4O4S. The lowest BCUT2D eigenvalue weighted by molar-refractivity contribution is -0.126. The van der Waals surface area contributed by atoms with E-state index in [1.54, 1.807) is 12.1 Å². The molecule has 5 rings (SSSR count). The number of rotatable bonds is 3. The van der Waals surface area contributed by atoms with Gasteiger partial charge in [-0.25, -0.2) is 14.8 Å². The van der Waals surface area contributed by atoms with Crippen molar-refractivity contribution in [1.29, 1.82) is 0 Å². The van der Waals surface area contributed by atoms with E-state index in [1.165, 1.54) is 28.9 Å². The maximum absolute atomic E-state index is 12.5.